The molecular weight excluding hydrogens is 290 g/mol. The molecule has 5 nitrogen and oxygen atoms in total. The number of nitrogens with zero attached hydrogens (tertiary/aromatic N) is 1. The third kappa shape index (κ3) is 3.54. The van der Waals surface area contributed by atoms with E-state index in [1.807, 2.05) is 18.2 Å². The second kappa shape index (κ2) is 6.45. The summed E-state index contributed by atoms with van der Waals surface area (Å²) in [5.74, 6) is 1.05. The number of amides is 1. The van der Waals surface area contributed by atoms with Crippen molar-refractivity contribution in [3.8, 4) is 0 Å². The Labute approximate surface area is 128 Å². The van der Waals surface area contributed by atoms with Crippen molar-refractivity contribution in [1.29, 1.82) is 0 Å². The van der Waals surface area contributed by atoms with Crippen molar-refractivity contribution in [2.75, 3.05) is 19.8 Å². The molecule has 1 aromatic carbocycles. The Balaban J connectivity index is 1.46. The highest BCUT2D eigenvalue weighted by Crippen LogP contribution is 2.17. The molecule has 1 aliphatic rings. The summed E-state index contributed by atoms with van der Waals surface area (Å²) in [5.41, 5.74) is 1.87. The fraction of sp³-hybridized carbons (Fsp3) is 0.467. The number of benzene rings is 1. The molecule has 0 radical (unpaired) electrons. The van der Waals surface area contributed by atoms with Gasteiger partial charge in [0.1, 0.15) is 5.82 Å². The zero-order valence-corrected chi connectivity index (χ0v) is 12.4. The van der Waals surface area contributed by atoms with Gasteiger partial charge in [0.15, 0.2) is 0 Å². The Kier molecular flexibility index (Phi) is 4.41. The maximum Gasteiger partial charge on any atom is 0.225 e. The lowest BCUT2D eigenvalue weighted by Crippen LogP contribution is -2.31. The molecule has 0 saturated carbocycles. The van der Waals surface area contributed by atoms with Crippen LogP contribution in [0.15, 0.2) is 18.2 Å². The maximum absolute atomic E-state index is 11.8. The van der Waals surface area contributed by atoms with Crippen molar-refractivity contribution in [3.05, 3.63) is 29.0 Å². The Morgan fingerprint density at radius 3 is 3.24 bits per heavy atom. The molecule has 2 heterocycles. The fourth-order valence-corrected chi connectivity index (χ4v) is 2.68. The summed E-state index contributed by atoms with van der Waals surface area (Å²) in [6, 6.07) is 5.60. The lowest BCUT2D eigenvalue weighted by molar-refractivity contribution is -0.124. The first kappa shape index (κ1) is 14.4. The Hall–Kier alpha value is -1.59. The summed E-state index contributed by atoms with van der Waals surface area (Å²) in [7, 11) is 0. The van der Waals surface area contributed by atoms with E-state index in [9.17, 15) is 4.79 Å². The number of imidazole rings is 1. The smallest absolute Gasteiger partial charge is 0.225 e. The van der Waals surface area contributed by atoms with Crippen LogP contribution >= 0.6 is 11.6 Å². The van der Waals surface area contributed by atoms with Gasteiger partial charge in [-0.25, -0.2) is 4.98 Å². The zero-order valence-electron chi connectivity index (χ0n) is 11.7. The number of hydrogen-bond acceptors (Lipinski definition) is 3. The van der Waals surface area contributed by atoms with Gasteiger partial charge >= 0.3 is 0 Å². The van der Waals surface area contributed by atoms with Crippen LogP contribution in [0.25, 0.3) is 11.0 Å². The van der Waals surface area contributed by atoms with Crippen LogP contribution in [0, 0.1) is 5.92 Å². The summed E-state index contributed by atoms with van der Waals surface area (Å²) in [4.78, 5) is 19.6. The Morgan fingerprint density at radius 1 is 1.52 bits per heavy atom. The predicted molar refractivity (Wildman–Crippen MR) is 81.4 cm³/mol. The van der Waals surface area contributed by atoms with Crippen molar-refractivity contribution in [1.82, 2.24) is 15.3 Å². The van der Waals surface area contributed by atoms with Gasteiger partial charge in [-0.1, -0.05) is 11.6 Å². The van der Waals surface area contributed by atoms with Crippen molar-refractivity contribution < 1.29 is 9.53 Å². The summed E-state index contributed by atoms with van der Waals surface area (Å²) >= 11 is 5.95. The van der Waals surface area contributed by atoms with Crippen LogP contribution in [-0.4, -0.2) is 35.6 Å². The fourth-order valence-electron chi connectivity index (χ4n) is 2.51. The van der Waals surface area contributed by atoms with E-state index >= 15 is 0 Å². The molecule has 21 heavy (non-hydrogen) atoms. The molecule has 3 rings (SSSR count). The van der Waals surface area contributed by atoms with E-state index in [1.54, 1.807) is 0 Å². The molecule has 2 aromatic rings. The number of aromatic nitrogens is 2. The highest BCUT2D eigenvalue weighted by atomic mass is 35.5. The van der Waals surface area contributed by atoms with Crippen molar-refractivity contribution in [2.24, 2.45) is 5.92 Å². The number of carbonyl (C=O) groups is 1. The molecular formula is C15H18ClN3O2. The van der Waals surface area contributed by atoms with Crippen LogP contribution in [0.1, 0.15) is 18.7 Å². The molecule has 0 bridgehead atoms. The third-order valence-corrected chi connectivity index (χ3v) is 3.92. The molecule has 1 aromatic heterocycles. The van der Waals surface area contributed by atoms with E-state index in [0.29, 0.717) is 24.8 Å². The highest BCUT2D eigenvalue weighted by Gasteiger charge is 2.22. The van der Waals surface area contributed by atoms with Crippen LogP contribution in [0.3, 0.4) is 0 Å². The average Bonchev–Trinajstić information content (AvgIpc) is 3.11. The lowest BCUT2D eigenvalue weighted by Gasteiger charge is -2.08. The topological polar surface area (TPSA) is 67.0 Å². The number of aryl methyl sites for hydroxylation is 1. The first-order valence-electron chi connectivity index (χ1n) is 7.22. The number of aromatic amines is 1. The number of carbonyl (C=O) groups excluding carboxylic acids is 1. The van der Waals surface area contributed by atoms with E-state index in [4.69, 9.17) is 16.3 Å². The summed E-state index contributed by atoms with van der Waals surface area (Å²) in [6.45, 7) is 1.91. The molecule has 0 spiro atoms. The van der Waals surface area contributed by atoms with Gasteiger partial charge in [0, 0.05) is 24.6 Å². The second-order valence-electron chi connectivity index (χ2n) is 5.30. The summed E-state index contributed by atoms with van der Waals surface area (Å²) in [5, 5.41) is 3.65. The van der Waals surface area contributed by atoms with Crippen molar-refractivity contribution in [3.63, 3.8) is 0 Å². The molecule has 0 aliphatic carbocycles. The van der Waals surface area contributed by atoms with E-state index in [2.05, 4.69) is 15.3 Å². The minimum atomic E-state index is 0.0262. The maximum atomic E-state index is 11.8. The standard InChI is InChI=1S/C15H18ClN3O2/c16-11-3-4-12-13(8-11)19-14(18-12)2-1-6-17-15(20)10-5-7-21-9-10/h3-4,8,10H,1-2,5-7,9H2,(H,17,20)(H,18,19). The van der Waals surface area contributed by atoms with Gasteiger partial charge in [0.2, 0.25) is 5.91 Å². The number of H-pyrrole nitrogens is 1. The molecule has 112 valence electrons. The van der Waals surface area contributed by atoms with Crippen LogP contribution in [-0.2, 0) is 16.0 Å². The molecule has 1 aliphatic heterocycles. The Bertz CT molecular complexity index is 635. The summed E-state index contributed by atoms with van der Waals surface area (Å²) in [6.07, 6.45) is 2.48. The number of halogens is 1. The van der Waals surface area contributed by atoms with Gasteiger partial charge in [-0.2, -0.15) is 0 Å². The van der Waals surface area contributed by atoms with Crippen molar-refractivity contribution >= 4 is 28.5 Å². The number of ether oxygens (including phenoxy) is 1. The first-order valence-corrected chi connectivity index (χ1v) is 7.60. The van der Waals surface area contributed by atoms with Gasteiger partial charge in [-0.05, 0) is 31.0 Å². The highest BCUT2D eigenvalue weighted by molar-refractivity contribution is 6.31. The molecule has 1 saturated heterocycles. The SMILES string of the molecule is O=C(NCCCc1nc2ccc(Cl)cc2[nH]1)C1CCOC1. The number of nitrogens with one attached hydrogen (secondary N) is 2. The Morgan fingerprint density at radius 2 is 2.43 bits per heavy atom. The van der Waals surface area contributed by atoms with Gasteiger partial charge < -0.3 is 15.0 Å². The minimum absolute atomic E-state index is 0.0262. The molecule has 2 N–H and O–H groups in total. The average molecular weight is 308 g/mol. The van der Waals surface area contributed by atoms with E-state index < -0.39 is 0 Å². The van der Waals surface area contributed by atoms with Crippen molar-refractivity contribution in [2.45, 2.75) is 19.3 Å². The quantitative estimate of drug-likeness (QED) is 0.833. The van der Waals surface area contributed by atoms with E-state index in [-0.39, 0.29) is 11.8 Å². The predicted octanol–water partition coefficient (Wildman–Crippen LogP) is 2.30. The number of hydrogen-bond donors (Lipinski definition) is 2. The zero-order chi connectivity index (χ0) is 14.7. The normalized spacial score (nSPS) is 18.2. The summed E-state index contributed by atoms with van der Waals surface area (Å²) < 4.78 is 5.21. The molecule has 1 amide bonds. The van der Waals surface area contributed by atoms with Crippen LogP contribution in [0.5, 0.6) is 0 Å². The van der Waals surface area contributed by atoms with Gasteiger partial charge in [0.05, 0.1) is 23.6 Å². The monoisotopic (exact) mass is 307 g/mol. The molecule has 1 unspecified atom stereocenters. The molecule has 1 atom stereocenters. The second-order valence-corrected chi connectivity index (χ2v) is 5.74. The van der Waals surface area contributed by atoms with Gasteiger partial charge in [-0.3, -0.25) is 4.79 Å². The van der Waals surface area contributed by atoms with Gasteiger partial charge in [-0.15, -0.1) is 0 Å². The van der Waals surface area contributed by atoms with E-state index in [0.717, 1.165) is 36.1 Å². The third-order valence-electron chi connectivity index (χ3n) is 3.68. The van der Waals surface area contributed by atoms with Crippen LogP contribution in [0.4, 0.5) is 0 Å². The first-order chi connectivity index (χ1) is 10.2. The largest absolute Gasteiger partial charge is 0.381 e. The minimum Gasteiger partial charge on any atom is -0.381 e. The van der Waals surface area contributed by atoms with Crippen LogP contribution < -0.4 is 5.32 Å². The molecule has 1 fully saturated rings. The lowest BCUT2D eigenvalue weighted by atomic mass is 10.1. The van der Waals surface area contributed by atoms with E-state index in [1.165, 1.54) is 0 Å². The number of rotatable bonds is 5. The molecule has 6 heteroatoms. The van der Waals surface area contributed by atoms with Crippen LogP contribution in [0.2, 0.25) is 5.02 Å². The number of fused-ring (bicyclic) bond motifs is 1. The van der Waals surface area contributed by atoms with Gasteiger partial charge in [0.25, 0.3) is 0 Å².